The van der Waals surface area contributed by atoms with Crippen molar-refractivity contribution in [3.05, 3.63) is 29.5 Å². The molecule has 0 aromatic carbocycles. The van der Waals surface area contributed by atoms with Crippen molar-refractivity contribution in [2.45, 2.75) is 0 Å². The number of hydrogen-bond donors (Lipinski definition) is 2. The van der Waals surface area contributed by atoms with Gasteiger partial charge in [0.1, 0.15) is 5.15 Å². The number of hydrogen-bond acceptors (Lipinski definition) is 3. The first-order chi connectivity index (χ1) is 7.77. The van der Waals surface area contributed by atoms with Crippen molar-refractivity contribution in [2.75, 3.05) is 31.3 Å². The van der Waals surface area contributed by atoms with Gasteiger partial charge in [-0.1, -0.05) is 11.6 Å². The fourth-order valence-corrected chi connectivity index (χ4v) is 1.98. The number of halogens is 1. The molecule has 0 aliphatic rings. The molecule has 88 valence electrons. The van der Waals surface area contributed by atoms with E-state index in [9.17, 15) is 0 Å². The highest BCUT2D eigenvalue weighted by atomic mass is 35.5. The Bertz CT molecular complexity index is 460. The van der Waals surface area contributed by atoms with Gasteiger partial charge >= 0.3 is 0 Å². The fourth-order valence-electron chi connectivity index (χ4n) is 1.74. The minimum absolute atomic E-state index is 0.0264. The predicted octanol–water partition coefficient (Wildman–Crippen LogP) is 0.317. The monoisotopic (exact) mass is 243 g/mol. The van der Waals surface area contributed by atoms with Crippen molar-refractivity contribution in [1.82, 2.24) is 9.31 Å². The topological polar surface area (TPSA) is 53.0 Å². The molecule has 2 aromatic heterocycles. The highest BCUT2D eigenvalue weighted by molar-refractivity contribution is 6.30. The Hall–Kier alpha value is -1.17. The summed E-state index contributed by atoms with van der Waals surface area (Å²) in [7, 11) is 0. The second-order valence-corrected chi connectivity index (χ2v) is 3.82. The molecule has 0 fully saturated rings. The maximum absolute atomic E-state index is 8.98. The molecule has 0 radical (unpaired) electrons. The lowest BCUT2D eigenvalue weighted by molar-refractivity contribution is 0.259. The first kappa shape index (κ1) is 11.3. The van der Waals surface area contributed by atoms with Crippen LogP contribution >= 0.6 is 11.6 Å². The molecule has 0 atom stereocenters. The Labute approximate surface area is 98.0 Å². The second kappa shape index (κ2) is 4.78. The van der Waals surface area contributed by atoms with Crippen LogP contribution in [0.2, 0.25) is 5.15 Å². The van der Waals surface area contributed by atoms with E-state index in [4.69, 9.17) is 21.8 Å². The van der Waals surface area contributed by atoms with Crippen LogP contribution in [-0.2, 0) is 0 Å². The summed E-state index contributed by atoms with van der Waals surface area (Å²) >= 11 is 6.05. The van der Waals surface area contributed by atoms with Gasteiger partial charge in [-0.25, -0.2) is 4.52 Å². The van der Waals surface area contributed by atoms with Gasteiger partial charge in [-0.3, -0.25) is 5.01 Å². The van der Waals surface area contributed by atoms with E-state index in [0.29, 0.717) is 18.2 Å². The molecule has 0 amide bonds. The molecule has 0 bridgehead atoms. The lowest BCUT2D eigenvalue weighted by Gasteiger charge is -2.25. The molecule has 0 aliphatic carbocycles. The number of rotatable bonds is 5. The van der Waals surface area contributed by atoms with Crippen molar-refractivity contribution in [1.29, 1.82) is 0 Å². The smallest absolute Gasteiger partial charge is 0.131 e. The van der Waals surface area contributed by atoms with E-state index < -0.39 is 0 Å². The van der Waals surface area contributed by atoms with Crippen LogP contribution in [0.4, 0.5) is 0 Å². The standard InChI is InChI=1S/C10H14ClN3O2/c11-10-2-1-9-3-4-13(14(9)10)12(5-7-15)6-8-16/h1-4,15-16H,5-8H2. The third kappa shape index (κ3) is 1.89. The summed E-state index contributed by atoms with van der Waals surface area (Å²) in [6.07, 6.45) is 1.85. The predicted molar refractivity (Wildman–Crippen MR) is 62.5 cm³/mol. The molecule has 2 aromatic rings. The number of fused-ring (bicyclic) bond motifs is 1. The van der Waals surface area contributed by atoms with E-state index in [1.807, 2.05) is 33.9 Å². The Morgan fingerprint density at radius 1 is 1.12 bits per heavy atom. The van der Waals surface area contributed by atoms with Crippen LogP contribution in [-0.4, -0.2) is 45.8 Å². The van der Waals surface area contributed by atoms with Gasteiger partial charge in [0.2, 0.25) is 0 Å². The van der Waals surface area contributed by atoms with Crippen molar-refractivity contribution < 1.29 is 10.2 Å². The first-order valence-corrected chi connectivity index (χ1v) is 5.47. The molecule has 0 unspecified atom stereocenters. The van der Waals surface area contributed by atoms with E-state index >= 15 is 0 Å². The SMILES string of the molecule is OCCN(CCO)n1ccc2ccc(Cl)n21. The molecule has 2 rings (SSSR count). The maximum atomic E-state index is 8.98. The van der Waals surface area contributed by atoms with Crippen LogP contribution in [0, 0.1) is 0 Å². The largest absolute Gasteiger partial charge is 0.394 e. The van der Waals surface area contributed by atoms with Crippen LogP contribution in [0.5, 0.6) is 0 Å². The normalized spacial score (nSPS) is 11.2. The minimum Gasteiger partial charge on any atom is -0.394 e. The zero-order valence-electron chi connectivity index (χ0n) is 8.75. The van der Waals surface area contributed by atoms with Crippen molar-refractivity contribution in [3.8, 4) is 0 Å². The number of aliphatic hydroxyl groups is 2. The van der Waals surface area contributed by atoms with Crippen molar-refractivity contribution in [2.24, 2.45) is 0 Å². The molecule has 16 heavy (non-hydrogen) atoms. The van der Waals surface area contributed by atoms with E-state index in [1.165, 1.54) is 0 Å². The van der Waals surface area contributed by atoms with Crippen LogP contribution < -0.4 is 5.01 Å². The lowest BCUT2D eigenvalue weighted by atomic mass is 10.5. The summed E-state index contributed by atoms with van der Waals surface area (Å²) in [5.74, 6) is 0. The molecular weight excluding hydrogens is 230 g/mol. The van der Waals surface area contributed by atoms with E-state index in [-0.39, 0.29) is 13.2 Å². The molecule has 2 heterocycles. The van der Waals surface area contributed by atoms with E-state index in [1.54, 1.807) is 4.79 Å². The van der Waals surface area contributed by atoms with Gasteiger partial charge in [0.05, 0.1) is 31.8 Å². The average molecular weight is 244 g/mol. The quantitative estimate of drug-likeness (QED) is 0.795. The molecule has 0 saturated heterocycles. The van der Waals surface area contributed by atoms with Crippen LogP contribution in [0.3, 0.4) is 0 Å². The van der Waals surface area contributed by atoms with Crippen LogP contribution in [0.1, 0.15) is 0 Å². The maximum Gasteiger partial charge on any atom is 0.131 e. The zero-order valence-corrected chi connectivity index (χ0v) is 9.51. The summed E-state index contributed by atoms with van der Waals surface area (Å²) in [4.78, 5) is 1.80. The molecule has 2 N–H and O–H groups in total. The van der Waals surface area contributed by atoms with E-state index in [0.717, 1.165) is 5.52 Å². The Morgan fingerprint density at radius 3 is 2.44 bits per heavy atom. The van der Waals surface area contributed by atoms with Crippen molar-refractivity contribution in [3.63, 3.8) is 0 Å². The van der Waals surface area contributed by atoms with Gasteiger partial charge in [0, 0.05) is 6.20 Å². The first-order valence-electron chi connectivity index (χ1n) is 5.09. The summed E-state index contributed by atoms with van der Waals surface area (Å²) in [5.41, 5.74) is 0.978. The molecule has 0 saturated carbocycles. The highest BCUT2D eigenvalue weighted by Crippen LogP contribution is 2.15. The zero-order chi connectivity index (χ0) is 11.5. The second-order valence-electron chi connectivity index (χ2n) is 3.43. The van der Waals surface area contributed by atoms with Crippen molar-refractivity contribution >= 4 is 17.1 Å². The third-order valence-electron chi connectivity index (χ3n) is 2.43. The van der Waals surface area contributed by atoms with Crippen LogP contribution in [0.15, 0.2) is 24.4 Å². The average Bonchev–Trinajstić information content (AvgIpc) is 2.82. The molecule has 6 heteroatoms. The summed E-state index contributed by atoms with van der Waals surface area (Å²) in [6.45, 7) is 0.939. The van der Waals surface area contributed by atoms with Gasteiger partial charge in [-0.2, -0.15) is 4.79 Å². The van der Waals surface area contributed by atoms with Gasteiger partial charge in [-0.15, -0.1) is 0 Å². The van der Waals surface area contributed by atoms with Gasteiger partial charge < -0.3 is 10.2 Å². The number of nitrogens with zero attached hydrogens (tertiary/aromatic N) is 3. The molecule has 0 spiro atoms. The van der Waals surface area contributed by atoms with Gasteiger partial charge in [0.25, 0.3) is 0 Å². The van der Waals surface area contributed by atoms with Gasteiger partial charge in [0.15, 0.2) is 0 Å². The summed E-state index contributed by atoms with van der Waals surface area (Å²) in [5, 5.41) is 20.4. The molecular formula is C10H14ClN3O2. The summed E-state index contributed by atoms with van der Waals surface area (Å²) in [6, 6.07) is 5.64. The lowest BCUT2D eigenvalue weighted by Crippen LogP contribution is -2.40. The fraction of sp³-hybridized carbons (Fsp3) is 0.400. The molecule has 0 aliphatic heterocycles. The third-order valence-corrected chi connectivity index (χ3v) is 2.71. The Kier molecular flexibility index (Phi) is 3.38. The highest BCUT2D eigenvalue weighted by Gasteiger charge is 2.09. The Balaban J connectivity index is 2.38. The Morgan fingerprint density at radius 2 is 1.81 bits per heavy atom. The van der Waals surface area contributed by atoms with Crippen LogP contribution in [0.25, 0.3) is 5.52 Å². The summed E-state index contributed by atoms with van der Waals surface area (Å²) < 4.78 is 1.81. The van der Waals surface area contributed by atoms with E-state index in [2.05, 4.69) is 0 Å². The minimum atomic E-state index is 0.0264. The molecule has 5 nitrogen and oxygen atoms in total. The number of aromatic nitrogens is 2. The number of aliphatic hydroxyl groups excluding tert-OH is 2. The van der Waals surface area contributed by atoms with Gasteiger partial charge in [-0.05, 0) is 18.2 Å².